The number of halogens is 1. The molecule has 2 aliphatic rings. The quantitative estimate of drug-likeness (QED) is 0.538. The number of aromatic nitrogens is 3. The molecule has 1 aliphatic heterocycles. The molecule has 2 amide bonds. The highest BCUT2D eigenvalue weighted by Crippen LogP contribution is 2.45. The van der Waals surface area contributed by atoms with Crippen molar-refractivity contribution in [3.63, 3.8) is 0 Å². The molecule has 10 heteroatoms. The fourth-order valence-electron chi connectivity index (χ4n) is 4.39. The second-order valence-electron chi connectivity index (χ2n) is 8.88. The van der Waals surface area contributed by atoms with E-state index in [0.29, 0.717) is 40.9 Å². The normalized spacial score (nSPS) is 16.1. The van der Waals surface area contributed by atoms with Gasteiger partial charge in [0.25, 0.3) is 0 Å². The highest BCUT2D eigenvalue weighted by Gasteiger charge is 2.29. The van der Waals surface area contributed by atoms with E-state index in [1.54, 1.807) is 16.8 Å². The summed E-state index contributed by atoms with van der Waals surface area (Å²) >= 11 is 0. The summed E-state index contributed by atoms with van der Waals surface area (Å²) in [4.78, 5) is 29.9. The number of carboxylic acid groups (broad SMARTS) is 1. The average Bonchev–Trinajstić information content (AvgIpc) is 3.54. The fourth-order valence-corrected chi connectivity index (χ4v) is 4.39. The maximum absolute atomic E-state index is 15.0. The molecule has 0 unspecified atom stereocenters. The molecule has 2 aromatic heterocycles. The molecule has 5 rings (SSSR count). The fraction of sp³-hybridized carbons (Fsp3) is 0.391. The summed E-state index contributed by atoms with van der Waals surface area (Å²) in [5.74, 6) is 0.680. The van der Waals surface area contributed by atoms with Crippen LogP contribution in [0.15, 0.2) is 24.4 Å². The summed E-state index contributed by atoms with van der Waals surface area (Å²) in [6.45, 7) is 4.84. The van der Waals surface area contributed by atoms with E-state index in [4.69, 9.17) is 5.11 Å². The van der Waals surface area contributed by atoms with Crippen LogP contribution in [-0.2, 0) is 17.8 Å². The lowest BCUT2D eigenvalue weighted by Gasteiger charge is -2.24. The van der Waals surface area contributed by atoms with Crippen LogP contribution in [0.25, 0.3) is 10.8 Å². The minimum Gasteiger partial charge on any atom is -0.465 e. The molecule has 9 nitrogen and oxygen atoms in total. The topological polar surface area (TPSA) is 112 Å². The largest absolute Gasteiger partial charge is 0.465 e. The molecule has 3 heterocycles. The molecule has 33 heavy (non-hydrogen) atoms. The predicted molar refractivity (Wildman–Crippen MR) is 121 cm³/mol. The average molecular weight is 452 g/mol. The number of fused-ring (bicyclic) bond motifs is 2. The summed E-state index contributed by atoms with van der Waals surface area (Å²) in [5.41, 5.74) is 1.41. The van der Waals surface area contributed by atoms with Gasteiger partial charge < -0.3 is 15.3 Å². The minimum atomic E-state index is -1.32. The smallest absolute Gasteiger partial charge is 0.409 e. The molecular weight excluding hydrogens is 427 g/mol. The van der Waals surface area contributed by atoms with Crippen LogP contribution in [0.4, 0.5) is 26.5 Å². The number of hydrogen-bond acceptors (Lipinski definition) is 5. The van der Waals surface area contributed by atoms with Gasteiger partial charge in [-0.3, -0.25) is 14.8 Å². The van der Waals surface area contributed by atoms with Crippen LogP contribution in [0.5, 0.6) is 0 Å². The Balaban J connectivity index is 1.44. The van der Waals surface area contributed by atoms with Gasteiger partial charge in [0.2, 0.25) is 5.91 Å². The molecule has 0 saturated heterocycles. The first kappa shape index (κ1) is 21.2. The molecular formula is C23H25FN6O3. The Morgan fingerprint density at radius 3 is 2.73 bits per heavy atom. The van der Waals surface area contributed by atoms with Crippen molar-refractivity contribution in [2.75, 3.05) is 17.2 Å². The van der Waals surface area contributed by atoms with Crippen LogP contribution in [0.3, 0.4) is 0 Å². The number of nitrogens with zero attached hydrogens (tertiary/aromatic N) is 4. The van der Waals surface area contributed by atoms with Crippen molar-refractivity contribution < 1.29 is 19.1 Å². The Morgan fingerprint density at radius 1 is 1.24 bits per heavy atom. The number of hydrogen-bond donors (Lipinski definition) is 3. The van der Waals surface area contributed by atoms with Crippen molar-refractivity contribution >= 4 is 40.1 Å². The van der Waals surface area contributed by atoms with E-state index < -0.39 is 11.9 Å². The number of nitrogens with one attached hydrogen (secondary N) is 2. The van der Waals surface area contributed by atoms with Gasteiger partial charge in [0.1, 0.15) is 12.4 Å². The molecule has 3 N–H and O–H groups in total. The third-order valence-corrected chi connectivity index (χ3v) is 6.20. The first-order valence-corrected chi connectivity index (χ1v) is 11.1. The molecule has 3 aromatic rings. The highest BCUT2D eigenvalue weighted by molar-refractivity contribution is 6.01. The summed E-state index contributed by atoms with van der Waals surface area (Å²) in [6.07, 6.45) is 2.61. The van der Waals surface area contributed by atoms with Crippen LogP contribution in [0.1, 0.15) is 43.9 Å². The van der Waals surface area contributed by atoms with Gasteiger partial charge in [-0.15, -0.1) is 0 Å². The van der Waals surface area contributed by atoms with Crippen LogP contribution < -0.4 is 10.6 Å². The lowest BCUT2D eigenvalue weighted by atomic mass is 10.0. The molecule has 0 atom stereocenters. The zero-order valence-corrected chi connectivity index (χ0v) is 18.4. The van der Waals surface area contributed by atoms with E-state index in [1.165, 1.54) is 6.20 Å². The van der Waals surface area contributed by atoms with E-state index in [-0.39, 0.29) is 30.1 Å². The zero-order valence-electron chi connectivity index (χ0n) is 18.4. The van der Waals surface area contributed by atoms with E-state index in [9.17, 15) is 14.0 Å². The molecule has 1 aromatic carbocycles. The van der Waals surface area contributed by atoms with Gasteiger partial charge in [-0.2, -0.15) is 5.10 Å². The third-order valence-electron chi connectivity index (χ3n) is 6.20. The maximum Gasteiger partial charge on any atom is 0.409 e. The Labute approximate surface area is 189 Å². The van der Waals surface area contributed by atoms with Crippen molar-refractivity contribution in [1.29, 1.82) is 0 Å². The van der Waals surface area contributed by atoms with Crippen LogP contribution in [-0.4, -0.2) is 49.4 Å². The summed E-state index contributed by atoms with van der Waals surface area (Å²) in [6, 6.07) is 5.57. The standard InChI is InChI=1S/C23H25FN6O3/c1-12(2)29-6-5-15-9-19(28-30(15)11-20(29)31)26-18-8-14-7-16(13-3-4-13)21(24)22(27-23(32)33)17(14)10-25-18/h7-10,12-13,27H,3-6,11H2,1-2H3,(H,32,33)(H,25,26,28). The Kier molecular flexibility index (Phi) is 5.15. The van der Waals surface area contributed by atoms with Gasteiger partial charge in [-0.1, -0.05) is 0 Å². The molecule has 1 saturated carbocycles. The van der Waals surface area contributed by atoms with E-state index in [2.05, 4.69) is 20.7 Å². The number of carbonyl (C=O) groups excluding carboxylic acids is 1. The first-order chi connectivity index (χ1) is 15.8. The first-order valence-electron chi connectivity index (χ1n) is 11.1. The van der Waals surface area contributed by atoms with E-state index in [1.807, 2.05) is 24.8 Å². The van der Waals surface area contributed by atoms with Gasteiger partial charge in [0.05, 0.1) is 5.69 Å². The van der Waals surface area contributed by atoms with Crippen molar-refractivity contribution in [1.82, 2.24) is 19.7 Å². The lowest BCUT2D eigenvalue weighted by Crippen LogP contribution is -2.38. The second kappa shape index (κ2) is 8.02. The van der Waals surface area contributed by atoms with Gasteiger partial charge in [0, 0.05) is 42.4 Å². The van der Waals surface area contributed by atoms with Gasteiger partial charge >= 0.3 is 6.09 Å². The number of benzene rings is 1. The summed E-state index contributed by atoms with van der Waals surface area (Å²) in [5, 5.41) is 20.1. The van der Waals surface area contributed by atoms with Crippen molar-refractivity contribution in [3.8, 4) is 0 Å². The summed E-state index contributed by atoms with van der Waals surface area (Å²) < 4.78 is 16.7. The molecule has 0 bridgehead atoms. The number of amides is 2. The SMILES string of the molecule is CC(C)N1CCc2cc(Nc3cc4cc(C5CC5)c(F)c(NC(=O)O)c4cn3)nn2CC1=O. The Morgan fingerprint density at radius 2 is 2.03 bits per heavy atom. The van der Waals surface area contributed by atoms with Crippen molar-refractivity contribution in [2.24, 2.45) is 0 Å². The van der Waals surface area contributed by atoms with Crippen molar-refractivity contribution in [2.45, 2.75) is 51.6 Å². The van der Waals surface area contributed by atoms with E-state index in [0.717, 1.165) is 18.5 Å². The van der Waals surface area contributed by atoms with Crippen LogP contribution in [0.2, 0.25) is 0 Å². The number of carbonyl (C=O) groups is 2. The molecule has 0 spiro atoms. The summed E-state index contributed by atoms with van der Waals surface area (Å²) in [7, 11) is 0. The monoisotopic (exact) mass is 452 g/mol. The molecule has 0 radical (unpaired) electrons. The number of pyridine rings is 1. The molecule has 1 aliphatic carbocycles. The van der Waals surface area contributed by atoms with Crippen LogP contribution >= 0.6 is 0 Å². The maximum atomic E-state index is 15.0. The highest BCUT2D eigenvalue weighted by atomic mass is 19.1. The predicted octanol–water partition coefficient (Wildman–Crippen LogP) is 4.07. The minimum absolute atomic E-state index is 0.0373. The second-order valence-corrected chi connectivity index (χ2v) is 8.88. The number of anilines is 3. The lowest BCUT2D eigenvalue weighted by molar-refractivity contribution is -0.133. The molecule has 172 valence electrons. The number of rotatable bonds is 5. The van der Waals surface area contributed by atoms with Crippen molar-refractivity contribution in [3.05, 3.63) is 41.5 Å². The zero-order chi connectivity index (χ0) is 23.3. The van der Waals surface area contributed by atoms with Gasteiger partial charge in [0.15, 0.2) is 11.6 Å². The van der Waals surface area contributed by atoms with Crippen LogP contribution in [0, 0.1) is 5.82 Å². The molecule has 1 fully saturated rings. The van der Waals surface area contributed by atoms with Gasteiger partial charge in [-0.05, 0) is 55.7 Å². The third kappa shape index (κ3) is 4.08. The Hall–Kier alpha value is -3.69. The van der Waals surface area contributed by atoms with Gasteiger partial charge in [-0.25, -0.2) is 14.2 Å². The van der Waals surface area contributed by atoms with E-state index >= 15 is 0 Å². The Bertz CT molecular complexity index is 1270.